The third kappa shape index (κ3) is 2.86. The highest BCUT2D eigenvalue weighted by Gasteiger charge is 2.32. The molecule has 20 heavy (non-hydrogen) atoms. The fourth-order valence-corrected chi connectivity index (χ4v) is 3.20. The lowest BCUT2D eigenvalue weighted by molar-refractivity contribution is -0.117. The number of amides is 1. The van der Waals surface area contributed by atoms with Crippen LogP contribution in [0.3, 0.4) is 0 Å². The second-order valence-corrected chi connectivity index (χ2v) is 6.49. The van der Waals surface area contributed by atoms with Gasteiger partial charge in [-0.05, 0) is 12.1 Å². The van der Waals surface area contributed by atoms with Crippen LogP contribution in [0, 0.1) is 0 Å². The van der Waals surface area contributed by atoms with Crippen molar-refractivity contribution in [2.45, 2.75) is 25.7 Å². The summed E-state index contributed by atoms with van der Waals surface area (Å²) >= 11 is 1.79. The Morgan fingerprint density at radius 3 is 2.95 bits per heavy atom. The van der Waals surface area contributed by atoms with Crippen molar-refractivity contribution in [2.75, 3.05) is 23.4 Å². The number of hydrogen-bond donors (Lipinski definition) is 2. The highest BCUT2D eigenvalue weighted by molar-refractivity contribution is 7.99. The van der Waals surface area contributed by atoms with E-state index in [1.165, 1.54) is 0 Å². The second kappa shape index (κ2) is 5.18. The van der Waals surface area contributed by atoms with E-state index < -0.39 is 5.79 Å². The molecule has 0 aromatic heterocycles. The Hall–Kier alpha value is -1.40. The Bertz CT molecular complexity index is 527. The largest absolute Gasteiger partial charge is 0.449 e. The van der Waals surface area contributed by atoms with Crippen molar-refractivity contribution in [1.82, 2.24) is 5.32 Å². The Balaban J connectivity index is 1.68. The van der Waals surface area contributed by atoms with Crippen LogP contribution in [0.25, 0.3) is 0 Å². The minimum Gasteiger partial charge on any atom is -0.449 e. The number of anilines is 1. The second-order valence-electron chi connectivity index (χ2n) is 5.34. The molecule has 0 aliphatic carbocycles. The van der Waals surface area contributed by atoms with Gasteiger partial charge in [-0.25, -0.2) is 0 Å². The van der Waals surface area contributed by atoms with E-state index in [0.29, 0.717) is 11.5 Å². The van der Waals surface area contributed by atoms with E-state index in [1.807, 2.05) is 26.0 Å². The Morgan fingerprint density at radius 1 is 1.40 bits per heavy atom. The molecule has 2 N–H and O–H groups in total. The molecule has 5 nitrogen and oxygen atoms in total. The topological polar surface area (TPSA) is 59.6 Å². The average Bonchev–Trinajstić information content (AvgIpc) is 2.73. The molecule has 1 unspecified atom stereocenters. The van der Waals surface area contributed by atoms with Gasteiger partial charge in [0.1, 0.15) is 0 Å². The Labute approximate surface area is 122 Å². The molecule has 2 aliphatic heterocycles. The van der Waals surface area contributed by atoms with Gasteiger partial charge in [-0.1, -0.05) is 0 Å². The van der Waals surface area contributed by atoms with Crippen LogP contribution < -0.4 is 20.1 Å². The molecular formula is C14H18N2O3S. The Kier molecular flexibility index (Phi) is 3.52. The maximum atomic E-state index is 12.1. The molecule has 0 spiro atoms. The van der Waals surface area contributed by atoms with Crippen LogP contribution in [0.4, 0.5) is 5.69 Å². The standard InChI is InChI=1S/C14H18N2O3S/c1-14(2)18-11-4-3-9(7-12(11)19-14)16-13(17)10-8-20-6-5-15-10/h3-4,7,10,15H,5-6,8H2,1-2H3,(H,16,17). The number of carbonyl (C=O) groups excluding carboxylic acids is 1. The summed E-state index contributed by atoms with van der Waals surface area (Å²) in [6.07, 6.45) is 0. The molecule has 108 valence electrons. The molecular weight excluding hydrogens is 276 g/mol. The molecule has 0 radical (unpaired) electrons. The van der Waals surface area contributed by atoms with Gasteiger partial charge in [0.25, 0.3) is 0 Å². The number of fused-ring (bicyclic) bond motifs is 1. The summed E-state index contributed by atoms with van der Waals surface area (Å²) in [6, 6.07) is 5.33. The highest BCUT2D eigenvalue weighted by atomic mass is 32.2. The number of hydrogen-bond acceptors (Lipinski definition) is 5. The lowest BCUT2D eigenvalue weighted by atomic mass is 10.2. The van der Waals surface area contributed by atoms with Gasteiger partial charge in [0.15, 0.2) is 11.5 Å². The van der Waals surface area contributed by atoms with Crippen LogP contribution in [-0.2, 0) is 4.79 Å². The summed E-state index contributed by atoms with van der Waals surface area (Å²) in [7, 11) is 0. The van der Waals surface area contributed by atoms with E-state index in [-0.39, 0.29) is 11.9 Å². The molecule has 6 heteroatoms. The first-order chi connectivity index (χ1) is 9.53. The average molecular weight is 294 g/mol. The van der Waals surface area contributed by atoms with Crippen LogP contribution in [0.5, 0.6) is 11.5 Å². The molecule has 3 rings (SSSR count). The predicted octanol–water partition coefficient (Wildman–Crippen LogP) is 1.84. The van der Waals surface area contributed by atoms with Crippen molar-refractivity contribution in [1.29, 1.82) is 0 Å². The van der Waals surface area contributed by atoms with Crippen LogP contribution in [0.2, 0.25) is 0 Å². The minimum absolute atomic E-state index is 0.00433. The summed E-state index contributed by atoms with van der Waals surface area (Å²) in [5.74, 6) is 2.59. The quantitative estimate of drug-likeness (QED) is 0.871. The van der Waals surface area contributed by atoms with Gasteiger partial charge >= 0.3 is 0 Å². The first-order valence-electron chi connectivity index (χ1n) is 6.68. The minimum atomic E-state index is -0.646. The van der Waals surface area contributed by atoms with Crippen molar-refractivity contribution in [3.05, 3.63) is 18.2 Å². The first-order valence-corrected chi connectivity index (χ1v) is 7.83. The van der Waals surface area contributed by atoms with Crippen molar-refractivity contribution < 1.29 is 14.3 Å². The number of rotatable bonds is 2. The molecule has 2 heterocycles. The molecule has 1 saturated heterocycles. The molecule has 0 saturated carbocycles. The van der Waals surface area contributed by atoms with Gasteiger partial charge in [-0.3, -0.25) is 4.79 Å². The van der Waals surface area contributed by atoms with Crippen molar-refractivity contribution in [3.63, 3.8) is 0 Å². The first kappa shape index (κ1) is 13.6. The number of carbonyl (C=O) groups is 1. The van der Waals surface area contributed by atoms with Crippen molar-refractivity contribution in [2.24, 2.45) is 0 Å². The van der Waals surface area contributed by atoms with Crippen LogP contribution in [-0.4, -0.2) is 35.8 Å². The molecule has 0 bridgehead atoms. The third-order valence-electron chi connectivity index (χ3n) is 3.16. The van der Waals surface area contributed by atoms with Gasteiger partial charge in [0.2, 0.25) is 11.7 Å². The normalized spacial score (nSPS) is 23.4. The molecule has 1 aromatic rings. The highest BCUT2D eigenvalue weighted by Crippen LogP contribution is 2.40. The van der Waals surface area contributed by atoms with Crippen molar-refractivity contribution in [3.8, 4) is 11.5 Å². The fourth-order valence-electron chi connectivity index (χ4n) is 2.26. The SMILES string of the molecule is CC1(C)Oc2ccc(NC(=O)C3CSCCN3)cc2O1. The van der Waals surface area contributed by atoms with Crippen LogP contribution >= 0.6 is 11.8 Å². The van der Waals surface area contributed by atoms with Gasteiger partial charge in [0, 0.05) is 43.7 Å². The maximum absolute atomic E-state index is 12.1. The van der Waals surface area contributed by atoms with Gasteiger partial charge < -0.3 is 20.1 Å². The van der Waals surface area contributed by atoms with E-state index in [1.54, 1.807) is 17.8 Å². The number of benzene rings is 1. The summed E-state index contributed by atoms with van der Waals surface area (Å²) in [5.41, 5.74) is 0.729. The van der Waals surface area contributed by atoms with E-state index in [4.69, 9.17) is 9.47 Å². The maximum Gasteiger partial charge on any atom is 0.246 e. The van der Waals surface area contributed by atoms with Gasteiger partial charge in [-0.15, -0.1) is 0 Å². The van der Waals surface area contributed by atoms with E-state index in [0.717, 1.165) is 23.7 Å². The monoisotopic (exact) mass is 294 g/mol. The smallest absolute Gasteiger partial charge is 0.246 e. The lowest BCUT2D eigenvalue weighted by Gasteiger charge is -2.22. The number of nitrogens with one attached hydrogen (secondary N) is 2. The van der Waals surface area contributed by atoms with Crippen LogP contribution in [0.1, 0.15) is 13.8 Å². The van der Waals surface area contributed by atoms with E-state index in [9.17, 15) is 4.79 Å². The van der Waals surface area contributed by atoms with Crippen LogP contribution in [0.15, 0.2) is 18.2 Å². The molecule has 1 fully saturated rings. The number of thioether (sulfide) groups is 1. The van der Waals surface area contributed by atoms with Gasteiger partial charge in [-0.2, -0.15) is 11.8 Å². The third-order valence-corrected chi connectivity index (χ3v) is 4.22. The Morgan fingerprint density at radius 2 is 2.20 bits per heavy atom. The van der Waals surface area contributed by atoms with E-state index in [2.05, 4.69) is 10.6 Å². The summed E-state index contributed by atoms with van der Waals surface area (Å²) < 4.78 is 11.3. The zero-order valence-corrected chi connectivity index (χ0v) is 12.4. The number of ether oxygens (including phenoxy) is 2. The lowest BCUT2D eigenvalue weighted by Crippen LogP contribution is -2.46. The van der Waals surface area contributed by atoms with Gasteiger partial charge in [0.05, 0.1) is 6.04 Å². The summed E-state index contributed by atoms with van der Waals surface area (Å²) in [4.78, 5) is 12.1. The van der Waals surface area contributed by atoms with E-state index >= 15 is 0 Å². The summed E-state index contributed by atoms with van der Waals surface area (Å²) in [6.45, 7) is 4.58. The summed E-state index contributed by atoms with van der Waals surface area (Å²) in [5, 5.41) is 6.13. The predicted molar refractivity (Wildman–Crippen MR) is 79.5 cm³/mol. The zero-order chi connectivity index (χ0) is 14.2. The molecule has 1 aromatic carbocycles. The zero-order valence-electron chi connectivity index (χ0n) is 11.6. The molecule has 2 aliphatic rings. The molecule has 1 atom stereocenters. The fraction of sp³-hybridized carbons (Fsp3) is 0.500. The van der Waals surface area contributed by atoms with Crippen molar-refractivity contribution >= 4 is 23.4 Å². The molecule has 1 amide bonds.